The van der Waals surface area contributed by atoms with Gasteiger partial charge in [-0.15, -0.1) is 0 Å². The molecule has 23 heavy (non-hydrogen) atoms. The van der Waals surface area contributed by atoms with Crippen molar-refractivity contribution in [2.24, 2.45) is 0 Å². The summed E-state index contributed by atoms with van der Waals surface area (Å²) >= 11 is 0. The number of aromatic amines is 1. The van der Waals surface area contributed by atoms with Crippen LogP contribution in [0.4, 0.5) is 5.69 Å². The van der Waals surface area contributed by atoms with Crippen LogP contribution in [-0.2, 0) is 12.8 Å². The number of nitrogens with one attached hydrogen (secondary N) is 2. The predicted molar refractivity (Wildman–Crippen MR) is 86.2 cm³/mol. The quantitative estimate of drug-likeness (QED) is 0.762. The first-order chi connectivity index (χ1) is 11.2. The Bertz CT molecular complexity index is 882. The normalized spacial score (nSPS) is 12.4. The molecule has 0 saturated heterocycles. The Kier molecular flexibility index (Phi) is 3.15. The monoisotopic (exact) mass is 305 g/mol. The molecule has 2 heterocycles. The van der Waals surface area contributed by atoms with Crippen LogP contribution >= 0.6 is 0 Å². The van der Waals surface area contributed by atoms with Gasteiger partial charge in [-0.05, 0) is 37.5 Å². The van der Waals surface area contributed by atoms with Gasteiger partial charge in [-0.3, -0.25) is 9.89 Å². The van der Waals surface area contributed by atoms with Gasteiger partial charge in [0, 0.05) is 17.6 Å². The lowest BCUT2D eigenvalue weighted by Gasteiger charge is -2.14. The molecule has 2 N–H and O–H groups in total. The van der Waals surface area contributed by atoms with Gasteiger partial charge in [0.2, 0.25) is 0 Å². The number of carbonyl (C=O) groups excluding carboxylic acids is 1. The number of aromatic nitrogens is 4. The summed E-state index contributed by atoms with van der Waals surface area (Å²) in [4.78, 5) is 21.0. The van der Waals surface area contributed by atoms with Crippen LogP contribution in [0.3, 0.4) is 0 Å². The van der Waals surface area contributed by atoms with Crippen molar-refractivity contribution in [1.82, 2.24) is 20.2 Å². The standard InChI is InChI=1S/C17H15N5O/c1-10-2-5-12(6-3-10)20-17(23)16-14-13(21-22-16)7-4-11-8-18-9-19-15(11)14/h2-3,5-6,8-9H,4,7H2,1H3,(H,20,23)(H,21,22). The maximum absolute atomic E-state index is 12.6. The lowest BCUT2D eigenvalue weighted by Crippen LogP contribution is -2.15. The average molecular weight is 305 g/mol. The van der Waals surface area contributed by atoms with Crippen molar-refractivity contribution in [3.8, 4) is 11.3 Å². The molecule has 0 unspecified atom stereocenters. The number of H-pyrrole nitrogens is 1. The van der Waals surface area contributed by atoms with Gasteiger partial charge in [0.25, 0.3) is 5.91 Å². The summed E-state index contributed by atoms with van der Waals surface area (Å²) in [5, 5.41) is 10.1. The molecule has 0 bridgehead atoms. The van der Waals surface area contributed by atoms with E-state index in [-0.39, 0.29) is 5.91 Å². The van der Waals surface area contributed by atoms with Crippen molar-refractivity contribution >= 4 is 11.6 Å². The molecule has 114 valence electrons. The Hall–Kier alpha value is -3.02. The van der Waals surface area contributed by atoms with E-state index < -0.39 is 0 Å². The molecular formula is C17H15N5O. The fourth-order valence-corrected chi connectivity index (χ4v) is 2.83. The van der Waals surface area contributed by atoms with Crippen molar-refractivity contribution in [1.29, 1.82) is 0 Å². The molecule has 0 saturated carbocycles. The van der Waals surface area contributed by atoms with Gasteiger partial charge in [-0.2, -0.15) is 5.10 Å². The Morgan fingerprint density at radius 2 is 2.04 bits per heavy atom. The van der Waals surface area contributed by atoms with Gasteiger partial charge >= 0.3 is 0 Å². The Morgan fingerprint density at radius 3 is 2.87 bits per heavy atom. The molecule has 0 atom stereocenters. The molecule has 6 heteroatoms. The Balaban J connectivity index is 1.70. The van der Waals surface area contributed by atoms with Crippen molar-refractivity contribution in [2.75, 3.05) is 5.32 Å². The zero-order valence-electron chi connectivity index (χ0n) is 12.6. The number of benzene rings is 1. The summed E-state index contributed by atoms with van der Waals surface area (Å²) < 4.78 is 0. The van der Waals surface area contributed by atoms with Crippen LogP contribution in [0.5, 0.6) is 0 Å². The lowest BCUT2D eigenvalue weighted by atomic mass is 9.93. The third kappa shape index (κ3) is 2.38. The molecule has 6 nitrogen and oxygen atoms in total. The van der Waals surface area contributed by atoms with Crippen LogP contribution in [0, 0.1) is 6.92 Å². The van der Waals surface area contributed by atoms with E-state index in [2.05, 4.69) is 25.5 Å². The van der Waals surface area contributed by atoms with E-state index in [4.69, 9.17) is 0 Å². The van der Waals surface area contributed by atoms with Crippen LogP contribution in [0.15, 0.2) is 36.8 Å². The number of hydrogen-bond acceptors (Lipinski definition) is 4. The predicted octanol–water partition coefficient (Wildman–Crippen LogP) is 2.53. The smallest absolute Gasteiger partial charge is 0.276 e. The van der Waals surface area contributed by atoms with Crippen molar-refractivity contribution < 1.29 is 4.79 Å². The molecule has 1 aromatic carbocycles. The Labute approximate surface area is 133 Å². The molecular weight excluding hydrogens is 290 g/mol. The highest BCUT2D eigenvalue weighted by atomic mass is 16.1. The highest BCUT2D eigenvalue weighted by molar-refractivity contribution is 6.07. The van der Waals surface area contributed by atoms with E-state index in [9.17, 15) is 4.79 Å². The third-order valence-electron chi connectivity index (χ3n) is 4.03. The lowest BCUT2D eigenvalue weighted by molar-refractivity contribution is 0.102. The van der Waals surface area contributed by atoms with E-state index >= 15 is 0 Å². The largest absolute Gasteiger partial charge is 0.321 e. The van der Waals surface area contributed by atoms with Gasteiger partial charge in [0.05, 0.1) is 11.3 Å². The second-order valence-corrected chi connectivity index (χ2v) is 5.64. The van der Waals surface area contributed by atoms with Gasteiger partial charge < -0.3 is 5.32 Å². The summed E-state index contributed by atoms with van der Waals surface area (Å²) in [5.41, 5.74) is 5.85. The molecule has 1 amide bonds. The van der Waals surface area contributed by atoms with Crippen molar-refractivity contribution in [3.05, 3.63) is 59.3 Å². The maximum atomic E-state index is 12.6. The first-order valence-corrected chi connectivity index (χ1v) is 7.47. The molecule has 0 radical (unpaired) electrons. The van der Waals surface area contributed by atoms with E-state index in [1.807, 2.05) is 31.2 Å². The number of amides is 1. The van der Waals surface area contributed by atoms with Gasteiger partial charge in [0.1, 0.15) is 6.33 Å². The van der Waals surface area contributed by atoms with Crippen LogP contribution in [-0.4, -0.2) is 26.1 Å². The van der Waals surface area contributed by atoms with E-state index in [1.165, 1.54) is 6.33 Å². The fourth-order valence-electron chi connectivity index (χ4n) is 2.83. The summed E-state index contributed by atoms with van der Waals surface area (Å²) in [6.07, 6.45) is 4.97. The molecule has 0 spiro atoms. The minimum atomic E-state index is -0.238. The van der Waals surface area contributed by atoms with Crippen LogP contribution in [0.2, 0.25) is 0 Å². The summed E-state index contributed by atoms with van der Waals surface area (Å²) in [6, 6.07) is 7.67. The molecule has 0 aliphatic heterocycles. The van der Waals surface area contributed by atoms with E-state index in [1.54, 1.807) is 6.20 Å². The topological polar surface area (TPSA) is 83.6 Å². The zero-order chi connectivity index (χ0) is 15.8. The van der Waals surface area contributed by atoms with Gasteiger partial charge in [-0.1, -0.05) is 17.7 Å². The minimum Gasteiger partial charge on any atom is -0.321 e. The second-order valence-electron chi connectivity index (χ2n) is 5.64. The first kappa shape index (κ1) is 13.6. The molecule has 2 aromatic heterocycles. The molecule has 0 fully saturated rings. The number of anilines is 1. The van der Waals surface area contributed by atoms with Gasteiger partial charge in [0.15, 0.2) is 5.69 Å². The highest BCUT2D eigenvalue weighted by Crippen LogP contribution is 2.32. The first-order valence-electron chi connectivity index (χ1n) is 7.47. The third-order valence-corrected chi connectivity index (χ3v) is 4.03. The average Bonchev–Trinajstić information content (AvgIpc) is 3.01. The zero-order valence-corrected chi connectivity index (χ0v) is 12.6. The summed E-state index contributed by atoms with van der Waals surface area (Å²) in [5.74, 6) is -0.238. The molecule has 4 rings (SSSR count). The van der Waals surface area contributed by atoms with Crippen LogP contribution in [0.1, 0.15) is 27.3 Å². The van der Waals surface area contributed by atoms with E-state index in [0.717, 1.165) is 46.6 Å². The molecule has 1 aliphatic rings. The Morgan fingerprint density at radius 1 is 1.22 bits per heavy atom. The molecule has 3 aromatic rings. The fraction of sp³-hybridized carbons (Fsp3) is 0.176. The SMILES string of the molecule is Cc1ccc(NC(=O)c2n[nH]c3c2-c2ncncc2CC3)cc1. The second kappa shape index (κ2) is 5.31. The number of carbonyl (C=O) groups is 1. The number of aryl methyl sites for hydroxylation is 3. The van der Waals surface area contributed by atoms with E-state index in [0.29, 0.717) is 5.69 Å². The van der Waals surface area contributed by atoms with Gasteiger partial charge in [-0.25, -0.2) is 9.97 Å². The van der Waals surface area contributed by atoms with Crippen LogP contribution < -0.4 is 5.32 Å². The van der Waals surface area contributed by atoms with Crippen molar-refractivity contribution in [2.45, 2.75) is 19.8 Å². The number of nitrogens with zero attached hydrogens (tertiary/aromatic N) is 3. The number of fused-ring (bicyclic) bond motifs is 3. The molecule has 1 aliphatic carbocycles. The number of hydrogen-bond donors (Lipinski definition) is 2. The maximum Gasteiger partial charge on any atom is 0.276 e. The summed E-state index contributed by atoms with van der Waals surface area (Å²) in [6.45, 7) is 2.01. The minimum absolute atomic E-state index is 0.238. The summed E-state index contributed by atoms with van der Waals surface area (Å²) in [7, 11) is 0. The van der Waals surface area contributed by atoms with Crippen LogP contribution in [0.25, 0.3) is 11.3 Å². The van der Waals surface area contributed by atoms with Crippen molar-refractivity contribution in [3.63, 3.8) is 0 Å². The number of rotatable bonds is 2. The highest BCUT2D eigenvalue weighted by Gasteiger charge is 2.27.